The number of likely N-dealkylation sites (tertiary alicyclic amines) is 1. The first-order valence-corrected chi connectivity index (χ1v) is 10.9. The van der Waals surface area contributed by atoms with Crippen LogP contribution in [0.4, 0.5) is 0 Å². The summed E-state index contributed by atoms with van der Waals surface area (Å²) < 4.78 is 0. The monoisotopic (exact) mass is 417 g/mol. The Bertz CT molecular complexity index is 829. The van der Waals surface area contributed by atoms with Crippen LogP contribution in [0.5, 0.6) is 0 Å². The zero-order chi connectivity index (χ0) is 19.7. The van der Waals surface area contributed by atoms with E-state index in [1.165, 1.54) is 42.6 Å². The highest BCUT2D eigenvalue weighted by Crippen LogP contribution is 2.37. The van der Waals surface area contributed by atoms with Gasteiger partial charge in [-0.05, 0) is 55.0 Å². The molecular formula is C28H32ClN. The fraction of sp³-hybridized carbons (Fsp3) is 0.286. The minimum Gasteiger partial charge on any atom is -0.303 e. The van der Waals surface area contributed by atoms with E-state index in [1.807, 2.05) is 0 Å². The van der Waals surface area contributed by atoms with Crippen LogP contribution in [-0.2, 0) is 0 Å². The fourth-order valence-electron chi connectivity index (χ4n) is 4.61. The van der Waals surface area contributed by atoms with Crippen LogP contribution in [0.1, 0.15) is 41.9 Å². The van der Waals surface area contributed by atoms with Gasteiger partial charge in [-0.15, -0.1) is 12.4 Å². The van der Waals surface area contributed by atoms with E-state index in [0.717, 1.165) is 18.9 Å². The predicted octanol–water partition coefficient (Wildman–Crippen LogP) is 7.06. The van der Waals surface area contributed by atoms with Gasteiger partial charge in [-0.3, -0.25) is 0 Å². The fourth-order valence-corrected chi connectivity index (χ4v) is 4.61. The summed E-state index contributed by atoms with van der Waals surface area (Å²) in [6, 6.07) is 32.8. The van der Waals surface area contributed by atoms with Crippen molar-refractivity contribution in [2.24, 2.45) is 5.92 Å². The Morgan fingerprint density at radius 1 is 0.733 bits per heavy atom. The molecule has 0 unspecified atom stereocenters. The number of hydrogen-bond acceptors (Lipinski definition) is 1. The Labute approximate surface area is 187 Å². The van der Waals surface area contributed by atoms with Gasteiger partial charge >= 0.3 is 0 Å². The minimum atomic E-state index is 0. The van der Waals surface area contributed by atoms with E-state index in [4.69, 9.17) is 0 Å². The molecule has 1 fully saturated rings. The quantitative estimate of drug-likeness (QED) is 0.397. The van der Waals surface area contributed by atoms with Gasteiger partial charge in [0.05, 0.1) is 0 Å². The molecule has 30 heavy (non-hydrogen) atoms. The van der Waals surface area contributed by atoms with E-state index in [0.29, 0.717) is 5.92 Å². The maximum absolute atomic E-state index is 2.64. The minimum absolute atomic E-state index is 0. The summed E-state index contributed by atoms with van der Waals surface area (Å²) in [7, 11) is 0. The van der Waals surface area contributed by atoms with E-state index in [2.05, 4.69) is 108 Å². The van der Waals surface area contributed by atoms with Crippen molar-refractivity contribution in [1.29, 1.82) is 0 Å². The maximum atomic E-state index is 2.64. The van der Waals surface area contributed by atoms with Crippen molar-refractivity contribution >= 4 is 18.5 Å². The van der Waals surface area contributed by atoms with Gasteiger partial charge in [0.15, 0.2) is 0 Å². The van der Waals surface area contributed by atoms with Crippen LogP contribution < -0.4 is 0 Å². The summed E-state index contributed by atoms with van der Waals surface area (Å²) in [4.78, 5) is 2.64. The Balaban J connectivity index is 0.00000256. The van der Waals surface area contributed by atoms with Crippen LogP contribution in [0, 0.1) is 5.92 Å². The van der Waals surface area contributed by atoms with Gasteiger partial charge in [-0.2, -0.15) is 0 Å². The van der Waals surface area contributed by atoms with E-state index < -0.39 is 0 Å². The first-order chi connectivity index (χ1) is 14.4. The third kappa shape index (κ3) is 6.08. The molecule has 0 aliphatic carbocycles. The van der Waals surface area contributed by atoms with E-state index in [9.17, 15) is 0 Å². The molecule has 0 spiro atoms. The van der Waals surface area contributed by atoms with E-state index >= 15 is 0 Å². The first kappa shape index (κ1) is 22.3. The van der Waals surface area contributed by atoms with Gasteiger partial charge in [-0.25, -0.2) is 0 Å². The molecule has 1 nitrogen and oxygen atoms in total. The van der Waals surface area contributed by atoms with Crippen LogP contribution in [-0.4, -0.2) is 24.5 Å². The van der Waals surface area contributed by atoms with Crippen molar-refractivity contribution in [2.45, 2.75) is 25.2 Å². The molecule has 0 saturated carbocycles. The molecule has 0 radical (unpaired) electrons. The third-order valence-corrected chi connectivity index (χ3v) is 6.14. The average Bonchev–Trinajstić information content (AvgIpc) is 2.80. The molecule has 1 aliphatic rings. The molecule has 2 heteroatoms. The Kier molecular flexibility index (Phi) is 8.74. The summed E-state index contributed by atoms with van der Waals surface area (Å²) in [6.07, 6.45) is 8.24. The van der Waals surface area contributed by atoms with Gasteiger partial charge in [-0.1, -0.05) is 103 Å². The molecular weight excluding hydrogens is 386 g/mol. The molecule has 3 aromatic rings. The lowest BCUT2D eigenvalue weighted by Crippen LogP contribution is -2.36. The molecule has 1 heterocycles. The lowest BCUT2D eigenvalue weighted by molar-refractivity contribution is 0.178. The molecule has 1 aliphatic heterocycles. The summed E-state index contributed by atoms with van der Waals surface area (Å²) in [5, 5.41) is 0. The molecule has 3 aromatic carbocycles. The standard InChI is InChI=1S/C28H31N.ClH/c1-4-12-24(13-5-1)14-10-11-21-29-22-19-27(20-23-29)28(25-15-6-2-7-16-25)26-17-8-3-9-18-26;/h1-10,12-18,27-28H,11,19-23H2;1H. The average molecular weight is 418 g/mol. The molecule has 0 amide bonds. The van der Waals surface area contributed by atoms with Crippen molar-refractivity contribution in [1.82, 2.24) is 4.90 Å². The molecule has 4 rings (SSSR count). The number of benzene rings is 3. The number of hydrogen-bond donors (Lipinski definition) is 0. The number of rotatable bonds is 7. The maximum Gasteiger partial charge on any atom is 0.0119 e. The van der Waals surface area contributed by atoms with Crippen molar-refractivity contribution in [3.05, 3.63) is 114 Å². The molecule has 0 N–H and O–H groups in total. The summed E-state index contributed by atoms with van der Waals surface area (Å²) in [6.45, 7) is 3.58. The van der Waals surface area contributed by atoms with Crippen LogP contribution in [0.3, 0.4) is 0 Å². The van der Waals surface area contributed by atoms with Crippen molar-refractivity contribution in [3.8, 4) is 0 Å². The zero-order valence-corrected chi connectivity index (χ0v) is 18.4. The lowest BCUT2D eigenvalue weighted by Gasteiger charge is -2.36. The molecule has 0 bridgehead atoms. The van der Waals surface area contributed by atoms with Gasteiger partial charge < -0.3 is 4.90 Å². The van der Waals surface area contributed by atoms with Crippen molar-refractivity contribution in [2.75, 3.05) is 19.6 Å². The second kappa shape index (κ2) is 11.7. The molecule has 0 atom stereocenters. The predicted molar refractivity (Wildman–Crippen MR) is 131 cm³/mol. The second-order valence-electron chi connectivity index (χ2n) is 8.08. The molecule has 0 aromatic heterocycles. The van der Waals surface area contributed by atoms with Gasteiger partial charge in [0.1, 0.15) is 0 Å². The largest absolute Gasteiger partial charge is 0.303 e. The van der Waals surface area contributed by atoms with Crippen LogP contribution in [0.2, 0.25) is 0 Å². The third-order valence-electron chi connectivity index (χ3n) is 6.14. The number of nitrogens with zero attached hydrogens (tertiary/aromatic N) is 1. The summed E-state index contributed by atoms with van der Waals surface area (Å²) >= 11 is 0. The first-order valence-electron chi connectivity index (χ1n) is 10.9. The number of halogens is 1. The van der Waals surface area contributed by atoms with Gasteiger partial charge in [0, 0.05) is 12.5 Å². The van der Waals surface area contributed by atoms with Gasteiger partial charge in [0.2, 0.25) is 0 Å². The van der Waals surface area contributed by atoms with Gasteiger partial charge in [0.25, 0.3) is 0 Å². The highest BCUT2D eigenvalue weighted by Gasteiger charge is 2.28. The SMILES string of the molecule is C(=Cc1ccccc1)CCN1CCC(C(c2ccccc2)c2ccccc2)CC1.Cl. The van der Waals surface area contributed by atoms with Crippen molar-refractivity contribution in [3.63, 3.8) is 0 Å². The molecule has 156 valence electrons. The molecule has 1 saturated heterocycles. The summed E-state index contributed by atoms with van der Waals surface area (Å²) in [5.41, 5.74) is 4.21. The smallest absolute Gasteiger partial charge is 0.0119 e. The van der Waals surface area contributed by atoms with Crippen molar-refractivity contribution < 1.29 is 0 Å². The highest BCUT2D eigenvalue weighted by atomic mass is 35.5. The highest BCUT2D eigenvalue weighted by molar-refractivity contribution is 5.85. The lowest BCUT2D eigenvalue weighted by atomic mass is 9.76. The topological polar surface area (TPSA) is 3.24 Å². The van der Waals surface area contributed by atoms with E-state index in [-0.39, 0.29) is 12.4 Å². The normalized spacial score (nSPS) is 15.4. The van der Waals surface area contributed by atoms with Crippen LogP contribution in [0.15, 0.2) is 97.1 Å². The second-order valence-corrected chi connectivity index (χ2v) is 8.08. The number of piperidine rings is 1. The van der Waals surface area contributed by atoms with E-state index in [1.54, 1.807) is 0 Å². The Hall–Kier alpha value is -2.35. The van der Waals surface area contributed by atoms with Crippen LogP contribution in [0.25, 0.3) is 6.08 Å². The summed E-state index contributed by atoms with van der Waals surface area (Å²) in [5.74, 6) is 1.23. The Morgan fingerprint density at radius 3 is 1.77 bits per heavy atom. The Morgan fingerprint density at radius 2 is 1.23 bits per heavy atom. The van der Waals surface area contributed by atoms with Crippen LogP contribution >= 0.6 is 12.4 Å². The zero-order valence-electron chi connectivity index (χ0n) is 17.6.